The number of carboxylic acid groups (broad SMARTS) is 1. The SMILES string of the molecule is CCc1nnn2c(C3CC3)c(C(=O)O)cnc12. The van der Waals surface area contributed by atoms with E-state index in [2.05, 4.69) is 15.3 Å². The van der Waals surface area contributed by atoms with Crippen LogP contribution < -0.4 is 0 Å². The molecule has 0 amide bonds. The van der Waals surface area contributed by atoms with Gasteiger partial charge in [-0.25, -0.2) is 9.78 Å². The van der Waals surface area contributed by atoms with Crippen molar-refractivity contribution in [1.82, 2.24) is 19.8 Å². The minimum Gasteiger partial charge on any atom is -0.478 e. The Morgan fingerprint density at radius 3 is 2.94 bits per heavy atom. The molecule has 0 aromatic carbocycles. The van der Waals surface area contributed by atoms with Gasteiger partial charge in [0, 0.05) is 12.1 Å². The number of hydrogen-bond donors (Lipinski definition) is 1. The Bertz CT molecular complexity index is 601. The molecule has 0 spiro atoms. The standard InChI is InChI=1S/C11H12N4O2/c1-2-8-10-12-5-7(11(16)17)9(6-3-4-6)15(10)14-13-8/h5-6H,2-4H2,1H3,(H,16,17). The van der Waals surface area contributed by atoms with Crippen molar-refractivity contribution in [1.29, 1.82) is 0 Å². The lowest BCUT2D eigenvalue weighted by Gasteiger charge is -2.05. The van der Waals surface area contributed by atoms with Crippen LogP contribution >= 0.6 is 0 Å². The first-order valence-electron chi connectivity index (χ1n) is 5.68. The maximum absolute atomic E-state index is 11.2. The summed E-state index contributed by atoms with van der Waals surface area (Å²) in [7, 11) is 0. The fourth-order valence-electron chi connectivity index (χ4n) is 2.05. The van der Waals surface area contributed by atoms with Crippen molar-refractivity contribution >= 4 is 11.6 Å². The fourth-order valence-corrected chi connectivity index (χ4v) is 2.05. The summed E-state index contributed by atoms with van der Waals surface area (Å²) in [4.78, 5) is 15.3. The fraction of sp³-hybridized carbons (Fsp3) is 0.455. The van der Waals surface area contributed by atoms with E-state index in [0.717, 1.165) is 30.7 Å². The zero-order valence-electron chi connectivity index (χ0n) is 9.42. The van der Waals surface area contributed by atoms with Gasteiger partial charge in [0.05, 0.1) is 11.3 Å². The summed E-state index contributed by atoms with van der Waals surface area (Å²) in [5.74, 6) is -0.659. The highest BCUT2D eigenvalue weighted by Gasteiger charge is 2.32. The second kappa shape index (κ2) is 3.51. The molecular weight excluding hydrogens is 220 g/mol. The van der Waals surface area contributed by atoms with Gasteiger partial charge < -0.3 is 5.11 Å². The van der Waals surface area contributed by atoms with Gasteiger partial charge >= 0.3 is 5.97 Å². The second-order valence-electron chi connectivity index (χ2n) is 4.26. The van der Waals surface area contributed by atoms with Crippen molar-refractivity contribution in [3.05, 3.63) is 23.1 Å². The first kappa shape index (κ1) is 10.2. The molecule has 6 nitrogen and oxygen atoms in total. The van der Waals surface area contributed by atoms with E-state index >= 15 is 0 Å². The van der Waals surface area contributed by atoms with Crippen LogP contribution in [-0.2, 0) is 6.42 Å². The summed E-state index contributed by atoms with van der Waals surface area (Å²) in [5, 5.41) is 17.2. The summed E-state index contributed by atoms with van der Waals surface area (Å²) in [6.07, 6.45) is 4.20. The highest BCUT2D eigenvalue weighted by molar-refractivity contribution is 5.89. The molecule has 0 bridgehead atoms. The molecule has 1 aliphatic carbocycles. The molecule has 6 heteroatoms. The summed E-state index contributed by atoms with van der Waals surface area (Å²) in [6.45, 7) is 1.98. The normalized spacial score (nSPS) is 15.4. The molecule has 2 heterocycles. The lowest BCUT2D eigenvalue weighted by Crippen LogP contribution is -2.09. The number of fused-ring (bicyclic) bond motifs is 1. The molecule has 3 rings (SSSR count). The van der Waals surface area contributed by atoms with E-state index in [1.807, 2.05) is 6.92 Å². The molecule has 1 saturated carbocycles. The maximum atomic E-state index is 11.2. The Kier molecular flexibility index (Phi) is 2.10. The molecule has 0 aliphatic heterocycles. The number of carbonyl (C=O) groups is 1. The number of hydrogen-bond acceptors (Lipinski definition) is 4. The van der Waals surface area contributed by atoms with Gasteiger partial charge in [0.25, 0.3) is 0 Å². The van der Waals surface area contributed by atoms with Crippen LogP contribution in [0.15, 0.2) is 6.20 Å². The Balaban J connectivity index is 2.31. The number of aromatic nitrogens is 4. The van der Waals surface area contributed by atoms with E-state index in [1.165, 1.54) is 6.20 Å². The van der Waals surface area contributed by atoms with Gasteiger partial charge in [-0.2, -0.15) is 4.52 Å². The number of aromatic carboxylic acids is 1. The van der Waals surface area contributed by atoms with Crippen molar-refractivity contribution in [2.75, 3.05) is 0 Å². The summed E-state index contributed by atoms with van der Waals surface area (Å²) < 4.78 is 1.60. The van der Waals surface area contributed by atoms with Gasteiger partial charge in [-0.3, -0.25) is 0 Å². The lowest BCUT2D eigenvalue weighted by molar-refractivity contribution is 0.0694. The predicted molar refractivity (Wildman–Crippen MR) is 59.1 cm³/mol. The third kappa shape index (κ3) is 1.48. The van der Waals surface area contributed by atoms with Crippen LogP contribution in [0.5, 0.6) is 0 Å². The first-order chi connectivity index (χ1) is 8.22. The van der Waals surface area contributed by atoms with Crippen LogP contribution in [-0.4, -0.2) is 30.9 Å². The summed E-state index contributed by atoms with van der Waals surface area (Å²) in [6, 6.07) is 0. The maximum Gasteiger partial charge on any atom is 0.339 e. The number of aryl methyl sites for hydroxylation is 1. The molecule has 0 saturated heterocycles. The first-order valence-corrected chi connectivity index (χ1v) is 5.68. The highest BCUT2D eigenvalue weighted by Crippen LogP contribution is 2.41. The zero-order chi connectivity index (χ0) is 12.0. The van der Waals surface area contributed by atoms with E-state index in [1.54, 1.807) is 4.52 Å². The van der Waals surface area contributed by atoms with E-state index in [-0.39, 0.29) is 11.5 Å². The van der Waals surface area contributed by atoms with E-state index in [4.69, 9.17) is 5.11 Å². The molecule has 1 N–H and O–H groups in total. The van der Waals surface area contributed by atoms with Gasteiger partial charge in [-0.1, -0.05) is 12.1 Å². The smallest absolute Gasteiger partial charge is 0.339 e. The van der Waals surface area contributed by atoms with Crippen LogP contribution in [0.4, 0.5) is 0 Å². The molecule has 1 aliphatic rings. The second-order valence-corrected chi connectivity index (χ2v) is 4.26. The molecular formula is C11H12N4O2. The number of rotatable bonds is 3. The van der Waals surface area contributed by atoms with Crippen molar-refractivity contribution in [3.8, 4) is 0 Å². The van der Waals surface area contributed by atoms with Crippen molar-refractivity contribution in [2.45, 2.75) is 32.1 Å². The molecule has 0 atom stereocenters. The molecule has 0 radical (unpaired) electrons. The van der Waals surface area contributed by atoms with E-state index in [0.29, 0.717) is 5.65 Å². The van der Waals surface area contributed by atoms with E-state index < -0.39 is 5.97 Å². The molecule has 1 fully saturated rings. The van der Waals surface area contributed by atoms with Gasteiger partial charge in [0.2, 0.25) is 0 Å². The van der Waals surface area contributed by atoms with Crippen LogP contribution in [0.2, 0.25) is 0 Å². The Morgan fingerprint density at radius 1 is 1.59 bits per heavy atom. The average molecular weight is 232 g/mol. The summed E-state index contributed by atoms with van der Waals surface area (Å²) >= 11 is 0. The van der Waals surface area contributed by atoms with Crippen molar-refractivity contribution in [3.63, 3.8) is 0 Å². The monoisotopic (exact) mass is 232 g/mol. The van der Waals surface area contributed by atoms with Crippen LogP contribution in [0.25, 0.3) is 5.65 Å². The quantitative estimate of drug-likeness (QED) is 0.861. The number of nitrogens with zero attached hydrogens (tertiary/aromatic N) is 4. The summed E-state index contributed by atoms with van der Waals surface area (Å²) in [5.41, 5.74) is 2.48. The molecule has 88 valence electrons. The molecule has 17 heavy (non-hydrogen) atoms. The van der Waals surface area contributed by atoms with Gasteiger partial charge in [-0.05, 0) is 19.3 Å². The van der Waals surface area contributed by atoms with Crippen LogP contribution in [0.1, 0.15) is 47.4 Å². The highest BCUT2D eigenvalue weighted by atomic mass is 16.4. The predicted octanol–water partition coefficient (Wildman–Crippen LogP) is 1.26. The van der Waals surface area contributed by atoms with Crippen LogP contribution in [0.3, 0.4) is 0 Å². The molecule has 2 aromatic heterocycles. The van der Waals surface area contributed by atoms with Gasteiger partial charge in [-0.15, -0.1) is 5.10 Å². The van der Waals surface area contributed by atoms with Crippen molar-refractivity contribution < 1.29 is 9.90 Å². The topological polar surface area (TPSA) is 80.4 Å². The largest absolute Gasteiger partial charge is 0.478 e. The third-order valence-corrected chi connectivity index (χ3v) is 3.06. The van der Waals surface area contributed by atoms with Gasteiger partial charge in [0.1, 0.15) is 5.69 Å². The Labute approximate surface area is 97.3 Å². The minimum atomic E-state index is -0.949. The lowest BCUT2D eigenvalue weighted by atomic mass is 10.1. The van der Waals surface area contributed by atoms with E-state index in [9.17, 15) is 4.79 Å². The molecule has 0 unspecified atom stereocenters. The number of carboxylic acids is 1. The average Bonchev–Trinajstić information content (AvgIpc) is 3.07. The Hall–Kier alpha value is -1.98. The minimum absolute atomic E-state index is 0.243. The van der Waals surface area contributed by atoms with Gasteiger partial charge in [0.15, 0.2) is 5.65 Å². The molecule has 2 aromatic rings. The third-order valence-electron chi connectivity index (χ3n) is 3.06. The zero-order valence-corrected chi connectivity index (χ0v) is 9.42. The Morgan fingerprint density at radius 2 is 2.35 bits per heavy atom. The van der Waals surface area contributed by atoms with Crippen LogP contribution in [0, 0.1) is 0 Å². The van der Waals surface area contributed by atoms with Crippen molar-refractivity contribution in [2.24, 2.45) is 0 Å².